The van der Waals surface area contributed by atoms with E-state index in [-0.39, 0.29) is 12.2 Å². The number of nitrogen functional groups attached to an aromatic ring is 1. The zero-order valence-corrected chi connectivity index (χ0v) is 9.92. The summed E-state index contributed by atoms with van der Waals surface area (Å²) in [5.41, 5.74) is 7.12. The second-order valence-corrected chi connectivity index (χ2v) is 3.92. The van der Waals surface area contributed by atoms with Crippen LogP contribution in [0.2, 0.25) is 0 Å². The Morgan fingerprint density at radius 2 is 2.22 bits per heavy atom. The van der Waals surface area contributed by atoms with Crippen LogP contribution in [0, 0.1) is 0 Å². The van der Waals surface area contributed by atoms with Crippen molar-refractivity contribution in [1.29, 1.82) is 0 Å². The van der Waals surface area contributed by atoms with Gasteiger partial charge in [0.05, 0.1) is 5.69 Å². The molecule has 0 atom stereocenters. The van der Waals surface area contributed by atoms with E-state index in [2.05, 4.69) is 15.4 Å². The predicted molar refractivity (Wildman–Crippen MR) is 61.9 cm³/mol. The SMILES string of the molecule is Cn1nccc1-c1c(N)nnn1CCCC(F)F. The molecule has 2 rings (SSSR count). The topological polar surface area (TPSA) is 74.6 Å². The van der Waals surface area contributed by atoms with Gasteiger partial charge < -0.3 is 5.73 Å². The molecule has 0 unspecified atom stereocenters. The third-order valence-corrected chi connectivity index (χ3v) is 2.62. The number of alkyl halides is 2. The van der Waals surface area contributed by atoms with Crippen LogP contribution < -0.4 is 5.73 Å². The van der Waals surface area contributed by atoms with Crippen LogP contribution in [0.15, 0.2) is 12.3 Å². The maximum atomic E-state index is 12.1. The summed E-state index contributed by atoms with van der Waals surface area (Å²) in [7, 11) is 1.77. The van der Waals surface area contributed by atoms with Gasteiger partial charge in [-0.15, -0.1) is 5.10 Å². The van der Waals surface area contributed by atoms with E-state index < -0.39 is 6.43 Å². The van der Waals surface area contributed by atoms with E-state index >= 15 is 0 Å². The fraction of sp³-hybridized carbons (Fsp3) is 0.500. The van der Waals surface area contributed by atoms with E-state index in [1.807, 2.05) is 0 Å². The number of hydrogen-bond acceptors (Lipinski definition) is 4. The van der Waals surface area contributed by atoms with Crippen molar-refractivity contribution < 1.29 is 8.78 Å². The van der Waals surface area contributed by atoms with Gasteiger partial charge in [0.15, 0.2) is 5.82 Å². The molecular weight excluding hydrogens is 242 g/mol. The standard InChI is InChI=1S/C10H14F2N6/c1-17-7(4-5-14-17)9-10(13)15-16-18(9)6-2-3-8(11)12/h4-5,8H,2-3,6,13H2,1H3. The molecule has 0 aliphatic carbocycles. The van der Waals surface area contributed by atoms with Crippen molar-refractivity contribution in [3.8, 4) is 11.4 Å². The molecule has 0 fully saturated rings. The number of anilines is 1. The minimum absolute atomic E-state index is 0.162. The summed E-state index contributed by atoms with van der Waals surface area (Å²) in [6, 6.07) is 1.78. The smallest absolute Gasteiger partial charge is 0.238 e. The van der Waals surface area contributed by atoms with Crippen molar-refractivity contribution in [3.63, 3.8) is 0 Å². The molecule has 0 amide bonds. The summed E-state index contributed by atoms with van der Waals surface area (Å²) in [6.45, 7) is 0.356. The highest BCUT2D eigenvalue weighted by Crippen LogP contribution is 2.23. The zero-order valence-electron chi connectivity index (χ0n) is 9.92. The van der Waals surface area contributed by atoms with Gasteiger partial charge in [-0.1, -0.05) is 5.21 Å². The van der Waals surface area contributed by atoms with Crippen LogP contribution in [-0.4, -0.2) is 31.2 Å². The number of halogens is 2. The molecule has 6 nitrogen and oxygen atoms in total. The average Bonchev–Trinajstić information content (AvgIpc) is 2.85. The van der Waals surface area contributed by atoms with E-state index in [1.54, 1.807) is 24.0 Å². The van der Waals surface area contributed by atoms with Gasteiger partial charge in [0.1, 0.15) is 5.69 Å². The van der Waals surface area contributed by atoms with Crippen LogP contribution in [0.5, 0.6) is 0 Å². The Balaban J connectivity index is 2.20. The highest BCUT2D eigenvalue weighted by Gasteiger charge is 2.15. The lowest BCUT2D eigenvalue weighted by molar-refractivity contribution is 0.132. The summed E-state index contributed by atoms with van der Waals surface area (Å²) in [5, 5.41) is 11.7. The first kappa shape index (κ1) is 12.5. The largest absolute Gasteiger partial charge is 0.380 e. The number of hydrogen-bond donors (Lipinski definition) is 1. The molecule has 0 bridgehead atoms. The minimum Gasteiger partial charge on any atom is -0.380 e. The molecule has 0 spiro atoms. The lowest BCUT2D eigenvalue weighted by atomic mass is 10.2. The lowest BCUT2D eigenvalue weighted by Gasteiger charge is -2.07. The van der Waals surface area contributed by atoms with Gasteiger partial charge in [0.2, 0.25) is 6.43 Å². The van der Waals surface area contributed by atoms with Gasteiger partial charge in [0, 0.05) is 26.2 Å². The van der Waals surface area contributed by atoms with E-state index in [9.17, 15) is 8.78 Å². The van der Waals surface area contributed by atoms with Crippen molar-refractivity contribution in [3.05, 3.63) is 12.3 Å². The Hall–Kier alpha value is -1.99. The summed E-state index contributed by atoms with van der Waals surface area (Å²) >= 11 is 0. The van der Waals surface area contributed by atoms with Gasteiger partial charge in [-0.25, -0.2) is 13.5 Å². The van der Waals surface area contributed by atoms with Crippen molar-refractivity contribution in [2.45, 2.75) is 25.8 Å². The fourth-order valence-electron chi connectivity index (χ4n) is 1.75. The summed E-state index contributed by atoms with van der Waals surface area (Å²) < 4.78 is 27.4. The molecule has 2 aromatic heterocycles. The van der Waals surface area contributed by atoms with Crippen LogP contribution in [0.1, 0.15) is 12.8 Å². The highest BCUT2D eigenvalue weighted by molar-refractivity contribution is 5.66. The normalized spacial score (nSPS) is 11.3. The highest BCUT2D eigenvalue weighted by atomic mass is 19.3. The second-order valence-electron chi connectivity index (χ2n) is 3.92. The third-order valence-electron chi connectivity index (χ3n) is 2.62. The van der Waals surface area contributed by atoms with Crippen LogP contribution in [0.4, 0.5) is 14.6 Å². The van der Waals surface area contributed by atoms with Gasteiger partial charge in [-0.2, -0.15) is 5.10 Å². The molecule has 98 valence electrons. The maximum absolute atomic E-state index is 12.1. The fourth-order valence-corrected chi connectivity index (χ4v) is 1.75. The van der Waals surface area contributed by atoms with Crippen molar-refractivity contribution in [1.82, 2.24) is 24.8 Å². The molecule has 0 radical (unpaired) electrons. The Labute approximate surface area is 102 Å². The molecule has 2 N–H and O–H groups in total. The van der Waals surface area contributed by atoms with Crippen LogP contribution in [0.3, 0.4) is 0 Å². The molecular formula is C10H14F2N6. The predicted octanol–water partition coefficient (Wildman–Crippen LogP) is 1.31. The lowest BCUT2D eigenvalue weighted by Crippen LogP contribution is -2.07. The van der Waals surface area contributed by atoms with Crippen LogP contribution in [-0.2, 0) is 13.6 Å². The van der Waals surface area contributed by atoms with E-state index in [1.165, 1.54) is 4.68 Å². The summed E-state index contributed by atoms with van der Waals surface area (Å²) in [6.07, 6.45) is -0.507. The molecule has 0 aliphatic rings. The van der Waals surface area contributed by atoms with Crippen LogP contribution in [0.25, 0.3) is 11.4 Å². The first-order chi connectivity index (χ1) is 8.59. The van der Waals surface area contributed by atoms with Gasteiger partial charge >= 0.3 is 0 Å². The second kappa shape index (κ2) is 5.11. The summed E-state index contributed by atoms with van der Waals surface area (Å²) in [5.74, 6) is 0.274. The molecule has 0 aromatic carbocycles. The van der Waals surface area contributed by atoms with Crippen LogP contribution >= 0.6 is 0 Å². The molecule has 2 heterocycles. The number of aryl methyl sites for hydroxylation is 2. The van der Waals surface area contributed by atoms with E-state index in [0.29, 0.717) is 18.7 Å². The molecule has 0 aliphatic heterocycles. The quantitative estimate of drug-likeness (QED) is 0.875. The molecule has 18 heavy (non-hydrogen) atoms. The third kappa shape index (κ3) is 2.47. The van der Waals surface area contributed by atoms with E-state index in [4.69, 9.17) is 5.73 Å². The zero-order chi connectivity index (χ0) is 13.1. The molecule has 0 saturated heterocycles. The molecule has 8 heteroatoms. The Morgan fingerprint density at radius 3 is 2.83 bits per heavy atom. The molecule has 0 saturated carbocycles. The summed E-state index contributed by atoms with van der Waals surface area (Å²) in [4.78, 5) is 0. The Bertz CT molecular complexity index is 518. The van der Waals surface area contributed by atoms with Crippen molar-refractivity contribution in [2.75, 3.05) is 5.73 Å². The van der Waals surface area contributed by atoms with Gasteiger partial charge in [0.25, 0.3) is 0 Å². The van der Waals surface area contributed by atoms with Crippen molar-refractivity contribution in [2.24, 2.45) is 7.05 Å². The maximum Gasteiger partial charge on any atom is 0.238 e. The first-order valence-electron chi connectivity index (χ1n) is 5.55. The van der Waals surface area contributed by atoms with Crippen molar-refractivity contribution >= 4 is 5.82 Å². The Kier molecular flexibility index (Phi) is 3.54. The first-order valence-corrected chi connectivity index (χ1v) is 5.55. The minimum atomic E-state index is -2.30. The van der Waals surface area contributed by atoms with Gasteiger partial charge in [-0.05, 0) is 12.5 Å². The van der Waals surface area contributed by atoms with Gasteiger partial charge in [-0.3, -0.25) is 4.68 Å². The number of rotatable bonds is 5. The average molecular weight is 256 g/mol. The number of nitrogens with two attached hydrogens (primary N) is 1. The number of nitrogens with zero attached hydrogens (tertiary/aromatic N) is 5. The molecule has 2 aromatic rings. The number of aromatic nitrogens is 5. The van der Waals surface area contributed by atoms with E-state index in [0.717, 1.165) is 5.69 Å². The Morgan fingerprint density at radius 1 is 1.44 bits per heavy atom. The monoisotopic (exact) mass is 256 g/mol.